The van der Waals surface area contributed by atoms with Crippen LogP contribution < -0.4 is 5.73 Å². The minimum Gasteiger partial charge on any atom is -0.379 e. The Hall–Kier alpha value is -2.64. The molecule has 1 saturated carbocycles. The van der Waals surface area contributed by atoms with Crippen molar-refractivity contribution in [1.29, 1.82) is 0 Å². The molecule has 3 aromatic heterocycles. The topological polar surface area (TPSA) is 115 Å². The molecule has 0 bridgehead atoms. The van der Waals surface area contributed by atoms with Crippen LogP contribution in [0.15, 0.2) is 40.4 Å². The third-order valence-corrected chi connectivity index (χ3v) is 9.76. The van der Waals surface area contributed by atoms with Crippen LogP contribution in [-0.2, 0) is 9.53 Å². The summed E-state index contributed by atoms with van der Waals surface area (Å²) in [7, 11) is 0. The number of thiazole rings is 1. The van der Waals surface area contributed by atoms with E-state index in [1.165, 1.54) is 24.6 Å². The van der Waals surface area contributed by atoms with Crippen molar-refractivity contribution in [2.75, 3.05) is 39.4 Å². The highest BCUT2D eigenvalue weighted by Gasteiger charge is 2.34. The van der Waals surface area contributed by atoms with Gasteiger partial charge in [0.05, 0.1) is 29.1 Å². The zero-order valence-electron chi connectivity index (χ0n) is 21.0. The molecule has 1 aliphatic carbocycles. The number of primary amides is 1. The number of amides is 1. The normalized spacial score (nSPS) is 20.8. The van der Waals surface area contributed by atoms with Gasteiger partial charge in [0.25, 0.3) is 0 Å². The molecule has 1 amide bonds. The van der Waals surface area contributed by atoms with Crippen molar-refractivity contribution in [3.8, 4) is 0 Å². The highest BCUT2D eigenvalue weighted by molar-refractivity contribution is 7.99. The van der Waals surface area contributed by atoms with Crippen LogP contribution in [0.25, 0.3) is 15.9 Å². The lowest BCUT2D eigenvalue weighted by molar-refractivity contribution is -0.124. The Morgan fingerprint density at radius 3 is 2.63 bits per heavy atom. The molecular formula is C26H30N8O2S2. The summed E-state index contributed by atoms with van der Waals surface area (Å²) in [5, 5.41) is 14.9. The molecular weight excluding hydrogens is 520 g/mol. The zero-order chi connectivity index (χ0) is 25.6. The van der Waals surface area contributed by atoms with E-state index >= 15 is 0 Å². The van der Waals surface area contributed by atoms with Gasteiger partial charge in [-0.2, -0.15) is 9.61 Å². The number of nitrogens with zero attached hydrogens (tertiary/aromatic N) is 7. The van der Waals surface area contributed by atoms with Gasteiger partial charge in [-0.1, -0.05) is 0 Å². The first-order valence-electron chi connectivity index (χ1n) is 13.3. The first-order valence-corrected chi connectivity index (χ1v) is 14.9. The van der Waals surface area contributed by atoms with E-state index in [0.717, 1.165) is 88.9 Å². The number of rotatable bonds is 7. The summed E-state index contributed by atoms with van der Waals surface area (Å²) in [6, 6.07) is 10.2. The average molecular weight is 551 g/mol. The molecule has 12 heteroatoms. The molecule has 2 saturated heterocycles. The molecule has 4 aromatic rings. The van der Waals surface area contributed by atoms with Gasteiger partial charge in [0.1, 0.15) is 11.0 Å². The summed E-state index contributed by atoms with van der Waals surface area (Å²) in [6.45, 7) is 5.27. The van der Waals surface area contributed by atoms with E-state index in [1.54, 1.807) is 11.3 Å². The second kappa shape index (κ2) is 10.2. The minimum atomic E-state index is -0.500. The summed E-state index contributed by atoms with van der Waals surface area (Å²) >= 11 is 3.08. The van der Waals surface area contributed by atoms with Crippen LogP contribution in [0.3, 0.4) is 0 Å². The van der Waals surface area contributed by atoms with Gasteiger partial charge in [0, 0.05) is 43.0 Å². The monoisotopic (exact) mass is 550 g/mol. The predicted molar refractivity (Wildman–Crippen MR) is 145 cm³/mol. The molecule has 2 N–H and O–H groups in total. The van der Waals surface area contributed by atoms with Gasteiger partial charge >= 0.3 is 0 Å². The molecule has 0 radical (unpaired) electrons. The van der Waals surface area contributed by atoms with E-state index in [-0.39, 0.29) is 5.91 Å². The lowest BCUT2D eigenvalue weighted by Gasteiger charge is -2.41. The SMILES string of the molecule is NC(=O)C(c1nc2ccc(Sc3nnc4ccc(C5CC5)nn34)cc2s1)N1CCC(N2CCOCC2)CC1. The average Bonchev–Trinajstić information content (AvgIpc) is 3.60. The summed E-state index contributed by atoms with van der Waals surface area (Å²) in [5.41, 5.74) is 8.67. The van der Waals surface area contributed by atoms with Crippen molar-refractivity contribution in [1.82, 2.24) is 34.6 Å². The second-order valence-corrected chi connectivity index (χ2v) is 12.4. The standard InChI is InChI=1S/C26H30N8O2S2/c27-24(35)23(33-9-7-17(8-10-33)32-11-13-36-14-12-32)25-28-20-4-3-18(15-21(20)38-25)37-26-30-29-22-6-5-19(16-1-2-16)31-34(22)26/h3-6,15-17,23H,1-2,7-14H2,(H2,27,35). The van der Waals surface area contributed by atoms with Crippen molar-refractivity contribution in [3.63, 3.8) is 0 Å². The van der Waals surface area contributed by atoms with E-state index in [1.807, 2.05) is 22.7 Å². The molecule has 1 atom stereocenters. The quantitative estimate of drug-likeness (QED) is 0.371. The molecule has 1 aromatic carbocycles. The summed E-state index contributed by atoms with van der Waals surface area (Å²) in [4.78, 5) is 23.2. The maximum Gasteiger partial charge on any atom is 0.241 e. The number of ether oxygens (including phenoxy) is 1. The number of aromatic nitrogens is 5. The van der Waals surface area contributed by atoms with Gasteiger partial charge in [-0.15, -0.1) is 21.5 Å². The Kier molecular flexibility index (Phi) is 6.52. The summed E-state index contributed by atoms with van der Waals surface area (Å²) in [5.74, 6) is 0.228. The maximum atomic E-state index is 12.6. The van der Waals surface area contributed by atoms with Crippen molar-refractivity contribution in [2.45, 2.75) is 53.7 Å². The van der Waals surface area contributed by atoms with E-state index in [9.17, 15) is 4.79 Å². The van der Waals surface area contributed by atoms with E-state index < -0.39 is 6.04 Å². The largest absolute Gasteiger partial charge is 0.379 e. The number of morpholine rings is 1. The maximum absolute atomic E-state index is 12.6. The van der Waals surface area contributed by atoms with Crippen molar-refractivity contribution in [3.05, 3.63) is 41.0 Å². The van der Waals surface area contributed by atoms with Gasteiger partial charge in [0.2, 0.25) is 11.1 Å². The Morgan fingerprint density at radius 2 is 1.87 bits per heavy atom. The van der Waals surface area contributed by atoms with E-state index in [2.05, 4.69) is 32.1 Å². The van der Waals surface area contributed by atoms with Crippen LogP contribution in [-0.4, -0.2) is 85.9 Å². The molecule has 2 aliphatic heterocycles. The summed E-state index contributed by atoms with van der Waals surface area (Å²) in [6.07, 6.45) is 4.45. The van der Waals surface area contributed by atoms with Crippen LogP contribution in [0.1, 0.15) is 48.3 Å². The highest BCUT2D eigenvalue weighted by atomic mass is 32.2. The van der Waals surface area contributed by atoms with Crippen molar-refractivity contribution in [2.24, 2.45) is 5.73 Å². The Bertz CT molecular complexity index is 1470. The first-order chi connectivity index (χ1) is 18.6. The number of carbonyl (C=O) groups excluding carboxylic acids is 1. The van der Waals surface area contributed by atoms with Gasteiger partial charge < -0.3 is 10.5 Å². The lowest BCUT2D eigenvalue weighted by Crippen LogP contribution is -2.50. The molecule has 1 unspecified atom stereocenters. The number of hydrogen-bond donors (Lipinski definition) is 1. The molecule has 3 aliphatic rings. The van der Waals surface area contributed by atoms with Crippen LogP contribution in [0.5, 0.6) is 0 Å². The molecule has 0 spiro atoms. The molecule has 10 nitrogen and oxygen atoms in total. The van der Waals surface area contributed by atoms with E-state index in [0.29, 0.717) is 12.0 Å². The van der Waals surface area contributed by atoms with Gasteiger partial charge in [-0.25, -0.2) is 4.98 Å². The number of benzene rings is 1. The van der Waals surface area contributed by atoms with Gasteiger partial charge in [-0.3, -0.25) is 14.6 Å². The first kappa shape index (κ1) is 24.4. The minimum absolute atomic E-state index is 0.337. The van der Waals surface area contributed by atoms with Crippen LogP contribution in [0.2, 0.25) is 0 Å². The lowest BCUT2D eigenvalue weighted by atomic mass is 10.0. The smallest absolute Gasteiger partial charge is 0.241 e. The molecule has 7 rings (SSSR count). The third kappa shape index (κ3) is 4.79. The predicted octanol–water partition coefficient (Wildman–Crippen LogP) is 3.09. The molecule has 3 fully saturated rings. The molecule has 38 heavy (non-hydrogen) atoms. The number of fused-ring (bicyclic) bond motifs is 2. The fourth-order valence-electron chi connectivity index (χ4n) is 5.56. The number of likely N-dealkylation sites (tertiary alicyclic amines) is 1. The number of carbonyl (C=O) groups is 1. The molecule has 5 heterocycles. The highest BCUT2D eigenvalue weighted by Crippen LogP contribution is 2.39. The fraction of sp³-hybridized carbons (Fsp3) is 0.500. The third-order valence-electron chi connectivity index (χ3n) is 7.77. The van der Waals surface area contributed by atoms with Crippen molar-refractivity contribution < 1.29 is 9.53 Å². The molecule has 198 valence electrons. The number of piperidine rings is 1. The van der Waals surface area contributed by atoms with Gasteiger partial charge in [0.15, 0.2) is 5.65 Å². The van der Waals surface area contributed by atoms with E-state index in [4.69, 9.17) is 20.6 Å². The summed E-state index contributed by atoms with van der Waals surface area (Å²) < 4.78 is 8.37. The number of nitrogens with two attached hydrogens (primary N) is 1. The Morgan fingerprint density at radius 1 is 1.05 bits per heavy atom. The van der Waals surface area contributed by atoms with Crippen LogP contribution in [0.4, 0.5) is 0 Å². The number of hydrogen-bond acceptors (Lipinski definition) is 10. The van der Waals surface area contributed by atoms with Gasteiger partial charge in [-0.05, 0) is 67.8 Å². The van der Waals surface area contributed by atoms with Crippen LogP contribution >= 0.6 is 23.1 Å². The van der Waals surface area contributed by atoms with Crippen LogP contribution in [0, 0.1) is 0 Å². The Labute approximate surface area is 228 Å². The second-order valence-electron chi connectivity index (χ2n) is 10.3. The van der Waals surface area contributed by atoms with Crippen molar-refractivity contribution >= 4 is 44.9 Å². The zero-order valence-corrected chi connectivity index (χ0v) is 22.7. The fourth-order valence-corrected chi connectivity index (χ4v) is 7.61. The Balaban J connectivity index is 1.09.